The van der Waals surface area contributed by atoms with E-state index in [2.05, 4.69) is 214 Å². The molecule has 0 fully saturated rings. The summed E-state index contributed by atoms with van der Waals surface area (Å²) in [6.45, 7) is 0. The average molecular weight is 724 g/mol. The molecule has 0 unspecified atom stereocenters. The molecule has 0 atom stereocenters. The first-order valence-electron chi connectivity index (χ1n) is 19.7. The van der Waals surface area contributed by atoms with Crippen molar-refractivity contribution in [1.82, 2.24) is 13.4 Å². The molecule has 4 aromatic heterocycles. The normalized spacial score (nSPS) is 12.2. The second-order valence-corrected chi connectivity index (χ2v) is 15.4. The van der Waals surface area contributed by atoms with Gasteiger partial charge >= 0.3 is 0 Å². The highest BCUT2D eigenvalue weighted by atomic mass is 15.0. The highest BCUT2D eigenvalue weighted by molar-refractivity contribution is 6.17. The Balaban J connectivity index is 1.13. The molecule has 0 aliphatic heterocycles. The Morgan fingerprint density at radius 2 is 0.702 bits per heavy atom. The van der Waals surface area contributed by atoms with Crippen LogP contribution in [0.5, 0.6) is 0 Å². The Hall–Kier alpha value is -7.62. The first-order valence-corrected chi connectivity index (χ1v) is 19.7. The van der Waals surface area contributed by atoms with Gasteiger partial charge < -0.3 is 13.4 Å². The first-order chi connectivity index (χ1) is 28.3. The molecule has 0 saturated heterocycles. The van der Waals surface area contributed by atoms with Crippen molar-refractivity contribution in [3.05, 3.63) is 200 Å². The zero-order valence-corrected chi connectivity index (χ0v) is 30.9. The van der Waals surface area contributed by atoms with Gasteiger partial charge in [-0.3, -0.25) is 0 Å². The second-order valence-electron chi connectivity index (χ2n) is 15.4. The van der Waals surface area contributed by atoms with Crippen LogP contribution in [0.15, 0.2) is 200 Å². The summed E-state index contributed by atoms with van der Waals surface area (Å²) in [5.41, 5.74) is 13.1. The fraction of sp³-hybridized carbons (Fsp3) is 0. The smallest absolute Gasteiger partial charge is 0.0547 e. The maximum atomic E-state index is 2.47. The monoisotopic (exact) mass is 723 g/mol. The van der Waals surface area contributed by atoms with Crippen LogP contribution in [-0.4, -0.2) is 13.4 Å². The van der Waals surface area contributed by atoms with Crippen molar-refractivity contribution in [2.24, 2.45) is 0 Å². The number of rotatable bonds is 2. The molecule has 0 aliphatic rings. The van der Waals surface area contributed by atoms with Gasteiger partial charge in [-0.2, -0.15) is 0 Å². The van der Waals surface area contributed by atoms with Gasteiger partial charge in [0, 0.05) is 49.0 Å². The van der Waals surface area contributed by atoms with E-state index in [4.69, 9.17) is 0 Å². The Morgan fingerprint density at radius 3 is 1.35 bits per heavy atom. The van der Waals surface area contributed by atoms with Gasteiger partial charge in [-0.1, -0.05) is 121 Å². The highest BCUT2D eigenvalue weighted by Gasteiger charge is 2.16. The Labute approximate surface area is 327 Å². The van der Waals surface area contributed by atoms with Crippen LogP contribution in [0.4, 0.5) is 0 Å². The lowest BCUT2D eigenvalue weighted by atomic mass is 10.00. The minimum absolute atomic E-state index is 1.14. The van der Waals surface area contributed by atoms with Gasteiger partial charge in [0.15, 0.2) is 0 Å². The number of benzene rings is 9. The summed E-state index contributed by atoms with van der Waals surface area (Å²) in [6.07, 6.45) is 0. The Morgan fingerprint density at radius 1 is 0.246 bits per heavy atom. The number of hydrogen-bond donors (Lipinski definition) is 0. The van der Waals surface area contributed by atoms with Crippen LogP contribution in [0.25, 0.3) is 115 Å². The van der Waals surface area contributed by atoms with Crippen LogP contribution < -0.4 is 0 Å². The first kappa shape index (κ1) is 30.7. The van der Waals surface area contributed by atoms with Gasteiger partial charge in [0.1, 0.15) is 0 Å². The van der Waals surface area contributed by atoms with E-state index in [-0.39, 0.29) is 0 Å². The van der Waals surface area contributed by atoms with Gasteiger partial charge in [-0.25, -0.2) is 0 Å². The predicted octanol–water partition coefficient (Wildman–Crippen LogP) is 14.4. The molecule has 3 nitrogen and oxygen atoms in total. The molecule has 3 heteroatoms. The van der Waals surface area contributed by atoms with E-state index in [1.54, 1.807) is 0 Å². The largest absolute Gasteiger partial charge is 0.309 e. The van der Waals surface area contributed by atoms with E-state index in [9.17, 15) is 0 Å². The molecule has 0 saturated carbocycles. The maximum absolute atomic E-state index is 2.47. The quantitative estimate of drug-likeness (QED) is 0.169. The molecule has 0 N–H and O–H groups in total. The summed E-state index contributed by atoms with van der Waals surface area (Å²) in [5, 5.41) is 12.4. The van der Waals surface area contributed by atoms with Crippen molar-refractivity contribution in [3.63, 3.8) is 0 Å². The fourth-order valence-corrected chi connectivity index (χ4v) is 9.83. The Bertz CT molecular complexity index is 3860. The third kappa shape index (κ3) is 4.31. The second kappa shape index (κ2) is 11.5. The summed E-state index contributed by atoms with van der Waals surface area (Å²) in [6, 6.07) is 74.2. The van der Waals surface area contributed by atoms with Gasteiger partial charge in [-0.05, 0) is 112 Å². The standard InChI is InChI=1S/C54H33N3/c1-2-11-38(12-3-1)55-50-20-9-7-18-44(50)47-29-34(23-27-51(47)55)35-24-28-52-48(30-35)46-26-22-37-32-54(46)57(52)40-14-10-13-39(33-40)56-49-19-8-6-17-43(49)45-25-21-36(31-53(45)56)41-15-4-5-16-42(37)41/h1-33H. The molecule has 6 bridgehead atoms. The summed E-state index contributed by atoms with van der Waals surface area (Å²) >= 11 is 0. The summed E-state index contributed by atoms with van der Waals surface area (Å²) in [7, 11) is 0. The molecule has 57 heavy (non-hydrogen) atoms. The van der Waals surface area contributed by atoms with Crippen molar-refractivity contribution in [2.75, 3.05) is 0 Å². The minimum Gasteiger partial charge on any atom is -0.309 e. The van der Waals surface area contributed by atoms with Crippen LogP contribution in [-0.2, 0) is 0 Å². The zero-order chi connectivity index (χ0) is 37.2. The van der Waals surface area contributed by atoms with E-state index in [1.807, 2.05) is 0 Å². The van der Waals surface area contributed by atoms with Crippen LogP contribution in [0.1, 0.15) is 0 Å². The van der Waals surface area contributed by atoms with Crippen molar-refractivity contribution in [2.45, 2.75) is 0 Å². The molecule has 0 amide bonds. The van der Waals surface area contributed by atoms with Gasteiger partial charge in [-0.15, -0.1) is 0 Å². The van der Waals surface area contributed by atoms with Crippen LogP contribution in [0.2, 0.25) is 0 Å². The van der Waals surface area contributed by atoms with Crippen molar-refractivity contribution < 1.29 is 0 Å². The number of aromatic nitrogens is 3. The summed E-state index contributed by atoms with van der Waals surface area (Å²) in [4.78, 5) is 0. The van der Waals surface area contributed by atoms with Gasteiger partial charge in [0.25, 0.3) is 0 Å². The van der Waals surface area contributed by atoms with Crippen molar-refractivity contribution in [1.29, 1.82) is 0 Å². The number of hydrogen-bond acceptors (Lipinski definition) is 0. The highest BCUT2D eigenvalue weighted by Crippen LogP contribution is 2.39. The predicted molar refractivity (Wildman–Crippen MR) is 242 cm³/mol. The van der Waals surface area contributed by atoms with Gasteiger partial charge in [0.2, 0.25) is 0 Å². The molecule has 0 aliphatic carbocycles. The molecule has 4 heterocycles. The molecule has 0 radical (unpaired) electrons. The molecule has 13 aromatic rings. The maximum Gasteiger partial charge on any atom is 0.0547 e. The SMILES string of the molecule is c1ccc(-n2c3ccccc3c3cc(-c4ccc5c(c4)c4ccc6cc4n5c4cccc(c4)n4c5ccccc5c5ccc(cc54)c4ccccc64)ccc32)cc1. The average Bonchev–Trinajstić information content (AvgIpc) is 3.91. The molecule has 9 aromatic carbocycles. The lowest BCUT2D eigenvalue weighted by molar-refractivity contribution is 1.18. The van der Waals surface area contributed by atoms with E-state index in [0.29, 0.717) is 0 Å². The zero-order valence-electron chi connectivity index (χ0n) is 30.9. The lowest BCUT2D eigenvalue weighted by Crippen LogP contribution is -1.92. The van der Waals surface area contributed by atoms with Crippen LogP contribution in [0.3, 0.4) is 0 Å². The minimum atomic E-state index is 1.14. The molecule has 264 valence electrons. The van der Waals surface area contributed by atoms with E-state index < -0.39 is 0 Å². The molecular weight excluding hydrogens is 691 g/mol. The lowest BCUT2D eigenvalue weighted by Gasteiger charge is -2.08. The Kier molecular flexibility index (Phi) is 6.16. The molecular formula is C54H33N3. The summed E-state index contributed by atoms with van der Waals surface area (Å²) < 4.78 is 7.29. The van der Waals surface area contributed by atoms with Crippen LogP contribution in [0, 0.1) is 0 Å². The number of fused-ring (bicyclic) bond motifs is 18. The molecule has 0 spiro atoms. The number of nitrogens with zero attached hydrogens (tertiary/aromatic N) is 3. The summed E-state index contributed by atoms with van der Waals surface area (Å²) in [5.74, 6) is 0. The van der Waals surface area contributed by atoms with Crippen molar-refractivity contribution in [3.8, 4) is 16.8 Å². The van der Waals surface area contributed by atoms with Gasteiger partial charge in [0.05, 0.1) is 33.1 Å². The topological polar surface area (TPSA) is 13.8 Å². The van der Waals surface area contributed by atoms with Crippen LogP contribution >= 0.6 is 0 Å². The number of para-hydroxylation sites is 3. The van der Waals surface area contributed by atoms with E-state index in [0.717, 1.165) is 11.0 Å². The third-order valence-corrected chi connectivity index (χ3v) is 12.4. The third-order valence-electron chi connectivity index (χ3n) is 12.4. The van der Waals surface area contributed by atoms with Crippen molar-refractivity contribution >= 4 is 98.0 Å². The van der Waals surface area contributed by atoms with E-state index in [1.165, 1.54) is 104 Å². The fourth-order valence-electron chi connectivity index (χ4n) is 9.83. The molecule has 13 rings (SSSR count). The van der Waals surface area contributed by atoms with E-state index >= 15 is 0 Å².